The molecule has 0 aliphatic heterocycles. The molecule has 1 aromatic rings. The number of aryl methyl sites for hydroxylation is 1. The molecule has 0 aliphatic rings. The third kappa shape index (κ3) is 2.19. The van der Waals surface area contributed by atoms with Crippen LogP contribution in [0.2, 0.25) is 0 Å². The second kappa shape index (κ2) is 3.66. The summed E-state index contributed by atoms with van der Waals surface area (Å²) in [5.41, 5.74) is 0.628. The standard InChI is InChI=1S/C7H9N3O2/c1-10-8-5-6(9-10)3-4-7(11)12-2/h3-5H,1-2H3/b4-3+. The molecule has 1 heterocycles. The van der Waals surface area contributed by atoms with Gasteiger partial charge in [-0.25, -0.2) is 4.79 Å². The molecule has 64 valence electrons. The van der Waals surface area contributed by atoms with Gasteiger partial charge in [0.05, 0.1) is 13.3 Å². The molecule has 0 aliphatic carbocycles. The van der Waals surface area contributed by atoms with Crippen molar-refractivity contribution in [3.05, 3.63) is 18.0 Å². The predicted molar refractivity (Wildman–Crippen MR) is 42.1 cm³/mol. The molecule has 0 fully saturated rings. The van der Waals surface area contributed by atoms with E-state index in [-0.39, 0.29) is 0 Å². The Morgan fingerprint density at radius 2 is 2.50 bits per heavy atom. The van der Waals surface area contributed by atoms with Crippen LogP contribution in [-0.4, -0.2) is 28.1 Å². The van der Waals surface area contributed by atoms with Crippen molar-refractivity contribution in [1.82, 2.24) is 15.0 Å². The zero-order valence-electron chi connectivity index (χ0n) is 6.89. The van der Waals surface area contributed by atoms with E-state index in [9.17, 15) is 4.79 Å². The van der Waals surface area contributed by atoms with Crippen LogP contribution in [0.3, 0.4) is 0 Å². The Balaban J connectivity index is 2.63. The minimum atomic E-state index is -0.402. The molecule has 5 nitrogen and oxygen atoms in total. The Morgan fingerprint density at radius 3 is 3.00 bits per heavy atom. The number of aromatic nitrogens is 3. The molecule has 0 N–H and O–H groups in total. The van der Waals surface area contributed by atoms with E-state index < -0.39 is 5.97 Å². The highest BCUT2D eigenvalue weighted by Crippen LogP contribution is 1.93. The van der Waals surface area contributed by atoms with Crippen LogP contribution in [-0.2, 0) is 16.6 Å². The summed E-state index contributed by atoms with van der Waals surface area (Å²) < 4.78 is 4.40. The summed E-state index contributed by atoms with van der Waals surface area (Å²) >= 11 is 0. The molecule has 0 saturated carbocycles. The largest absolute Gasteiger partial charge is 0.466 e. The molecular formula is C7H9N3O2. The highest BCUT2D eigenvalue weighted by atomic mass is 16.5. The van der Waals surface area contributed by atoms with Crippen LogP contribution < -0.4 is 0 Å². The number of carbonyl (C=O) groups excluding carboxylic acids is 1. The lowest BCUT2D eigenvalue weighted by molar-refractivity contribution is -0.134. The van der Waals surface area contributed by atoms with Crippen molar-refractivity contribution in [2.75, 3.05) is 7.11 Å². The molecular weight excluding hydrogens is 158 g/mol. The number of rotatable bonds is 2. The maximum Gasteiger partial charge on any atom is 0.330 e. The third-order valence-corrected chi connectivity index (χ3v) is 1.21. The average Bonchev–Trinajstić information content (AvgIpc) is 2.47. The highest BCUT2D eigenvalue weighted by Gasteiger charge is 1.94. The van der Waals surface area contributed by atoms with Crippen LogP contribution in [0.1, 0.15) is 5.69 Å². The van der Waals surface area contributed by atoms with Crippen molar-refractivity contribution >= 4 is 12.0 Å². The molecule has 0 saturated heterocycles. The number of nitrogens with zero attached hydrogens (tertiary/aromatic N) is 3. The third-order valence-electron chi connectivity index (χ3n) is 1.21. The fourth-order valence-corrected chi connectivity index (χ4v) is 0.659. The van der Waals surface area contributed by atoms with Crippen molar-refractivity contribution < 1.29 is 9.53 Å². The van der Waals surface area contributed by atoms with Gasteiger partial charge < -0.3 is 4.74 Å². The van der Waals surface area contributed by atoms with Crippen molar-refractivity contribution in [3.8, 4) is 0 Å². The van der Waals surface area contributed by atoms with E-state index >= 15 is 0 Å². The topological polar surface area (TPSA) is 57.0 Å². The lowest BCUT2D eigenvalue weighted by atomic mass is 10.4. The number of esters is 1. The van der Waals surface area contributed by atoms with Crippen molar-refractivity contribution in [2.45, 2.75) is 0 Å². The number of hydrogen-bond donors (Lipinski definition) is 0. The lowest BCUT2D eigenvalue weighted by Crippen LogP contribution is -1.94. The van der Waals surface area contributed by atoms with Gasteiger partial charge in [-0.15, -0.1) is 0 Å². The summed E-state index contributed by atoms with van der Waals surface area (Å²) in [5, 5.41) is 7.75. The monoisotopic (exact) mass is 167 g/mol. The van der Waals surface area contributed by atoms with Crippen LogP contribution in [0.5, 0.6) is 0 Å². The molecule has 0 unspecified atom stereocenters. The van der Waals surface area contributed by atoms with Gasteiger partial charge in [-0.1, -0.05) is 0 Å². The summed E-state index contributed by atoms with van der Waals surface area (Å²) in [5.74, 6) is -0.402. The minimum Gasteiger partial charge on any atom is -0.466 e. The Kier molecular flexibility index (Phi) is 2.57. The van der Waals surface area contributed by atoms with Gasteiger partial charge in [0.1, 0.15) is 5.69 Å². The number of methoxy groups -OCH3 is 1. The van der Waals surface area contributed by atoms with E-state index in [0.29, 0.717) is 5.69 Å². The second-order valence-electron chi connectivity index (χ2n) is 2.12. The Morgan fingerprint density at radius 1 is 1.75 bits per heavy atom. The zero-order chi connectivity index (χ0) is 8.97. The fraction of sp³-hybridized carbons (Fsp3) is 0.286. The molecule has 0 bridgehead atoms. The molecule has 5 heteroatoms. The van der Waals surface area contributed by atoms with Gasteiger partial charge in [0.2, 0.25) is 0 Å². The first kappa shape index (κ1) is 8.45. The summed E-state index contributed by atoms with van der Waals surface area (Å²) in [6, 6.07) is 0. The molecule has 0 spiro atoms. The van der Waals surface area contributed by atoms with Gasteiger partial charge in [0, 0.05) is 13.1 Å². The smallest absolute Gasteiger partial charge is 0.330 e. The number of hydrogen-bond acceptors (Lipinski definition) is 4. The van der Waals surface area contributed by atoms with Gasteiger partial charge in [-0.2, -0.15) is 15.0 Å². The molecule has 1 aromatic heterocycles. The van der Waals surface area contributed by atoms with E-state index in [4.69, 9.17) is 0 Å². The van der Waals surface area contributed by atoms with E-state index in [1.54, 1.807) is 19.3 Å². The molecule has 1 rings (SSSR count). The van der Waals surface area contributed by atoms with Gasteiger partial charge >= 0.3 is 5.97 Å². The Bertz CT molecular complexity index is 303. The van der Waals surface area contributed by atoms with Gasteiger partial charge in [-0.05, 0) is 6.08 Å². The van der Waals surface area contributed by atoms with Gasteiger partial charge in [0.15, 0.2) is 0 Å². The van der Waals surface area contributed by atoms with Crippen LogP contribution in [0.15, 0.2) is 12.3 Å². The molecule has 0 aromatic carbocycles. The SMILES string of the molecule is COC(=O)/C=C/c1cnn(C)n1. The van der Waals surface area contributed by atoms with Crippen LogP contribution in [0.25, 0.3) is 6.08 Å². The van der Waals surface area contributed by atoms with E-state index in [1.807, 2.05) is 0 Å². The summed E-state index contributed by atoms with van der Waals surface area (Å²) in [6.45, 7) is 0. The van der Waals surface area contributed by atoms with Gasteiger partial charge in [0.25, 0.3) is 0 Å². The van der Waals surface area contributed by atoms with E-state index in [0.717, 1.165) is 0 Å². The maximum atomic E-state index is 10.6. The Hall–Kier alpha value is -1.65. The molecule has 12 heavy (non-hydrogen) atoms. The summed E-state index contributed by atoms with van der Waals surface area (Å²) in [4.78, 5) is 12.0. The predicted octanol–water partition coefficient (Wildman–Crippen LogP) is 0.00130. The van der Waals surface area contributed by atoms with Crippen molar-refractivity contribution in [2.24, 2.45) is 7.05 Å². The second-order valence-corrected chi connectivity index (χ2v) is 2.12. The Labute approximate surface area is 69.6 Å². The summed E-state index contributed by atoms with van der Waals surface area (Å²) in [7, 11) is 3.03. The molecule has 0 radical (unpaired) electrons. The minimum absolute atomic E-state index is 0.402. The quantitative estimate of drug-likeness (QED) is 0.459. The number of carbonyl (C=O) groups is 1. The number of ether oxygens (including phenoxy) is 1. The van der Waals surface area contributed by atoms with E-state index in [2.05, 4.69) is 14.9 Å². The summed E-state index contributed by atoms with van der Waals surface area (Å²) in [6.07, 6.45) is 4.39. The maximum absolute atomic E-state index is 10.6. The van der Waals surface area contributed by atoms with Crippen LogP contribution in [0.4, 0.5) is 0 Å². The van der Waals surface area contributed by atoms with Gasteiger partial charge in [-0.3, -0.25) is 0 Å². The highest BCUT2D eigenvalue weighted by molar-refractivity contribution is 5.86. The van der Waals surface area contributed by atoms with Crippen molar-refractivity contribution in [1.29, 1.82) is 0 Å². The van der Waals surface area contributed by atoms with E-state index in [1.165, 1.54) is 18.0 Å². The average molecular weight is 167 g/mol. The zero-order valence-corrected chi connectivity index (χ0v) is 6.89. The normalized spacial score (nSPS) is 10.5. The molecule has 0 amide bonds. The van der Waals surface area contributed by atoms with Crippen molar-refractivity contribution in [3.63, 3.8) is 0 Å². The fourth-order valence-electron chi connectivity index (χ4n) is 0.659. The first-order chi connectivity index (χ1) is 5.72. The lowest BCUT2D eigenvalue weighted by Gasteiger charge is -1.87. The van der Waals surface area contributed by atoms with Crippen LogP contribution in [0, 0.1) is 0 Å². The first-order valence-electron chi connectivity index (χ1n) is 3.34. The van der Waals surface area contributed by atoms with Crippen LogP contribution >= 0.6 is 0 Å². The first-order valence-corrected chi connectivity index (χ1v) is 3.34. The molecule has 0 atom stereocenters.